The van der Waals surface area contributed by atoms with E-state index in [-0.39, 0.29) is 11.9 Å². The van der Waals surface area contributed by atoms with E-state index in [1.807, 2.05) is 24.7 Å². The maximum absolute atomic E-state index is 13.0. The predicted octanol–water partition coefficient (Wildman–Crippen LogP) is 2.63. The molecule has 1 amide bonds. The van der Waals surface area contributed by atoms with Crippen molar-refractivity contribution in [1.82, 2.24) is 30.9 Å². The summed E-state index contributed by atoms with van der Waals surface area (Å²) in [4.78, 5) is 17.8. The number of aromatic nitrogens is 3. The highest BCUT2D eigenvalue weighted by Crippen LogP contribution is 2.45. The number of hydrazine groups is 1. The highest BCUT2D eigenvalue weighted by atomic mass is 32.1. The highest BCUT2D eigenvalue weighted by Gasteiger charge is 2.33. The summed E-state index contributed by atoms with van der Waals surface area (Å²) >= 11 is 5.25. The second-order valence-corrected chi connectivity index (χ2v) is 8.12. The number of hydrogen-bond donors (Lipinski definition) is 3. The van der Waals surface area contributed by atoms with E-state index in [1.54, 1.807) is 0 Å². The molecule has 1 atom stereocenters. The highest BCUT2D eigenvalue weighted by molar-refractivity contribution is 7.80. The zero-order chi connectivity index (χ0) is 19.1. The number of fused-ring (bicyclic) bond motifs is 1. The summed E-state index contributed by atoms with van der Waals surface area (Å²) in [6.45, 7) is 4.12. The third kappa shape index (κ3) is 3.76. The number of thiocarbonyl (C=S) groups is 1. The number of nitrogens with zero attached hydrogens (tertiary/aromatic N) is 3. The van der Waals surface area contributed by atoms with Gasteiger partial charge in [0.15, 0.2) is 10.8 Å². The molecule has 8 heteroatoms. The van der Waals surface area contributed by atoms with Crippen molar-refractivity contribution in [3.63, 3.8) is 0 Å². The molecule has 0 saturated heterocycles. The lowest BCUT2D eigenvalue weighted by atomic mass is 10.1. The topological polar surface area (TPSA) is 83.9 Å². The number of hydrogen-bond acceptors (Lipinski definition) is 4. The molecule has 2 fully saturated rings. The van der Waals surface area contributed by atoms with Gasteiger partial charge in [-0.3, -0.25) is 20.3 Å². The average Bonchev–Trinajstić information content (AvgIpc) is 3.56. The monoisotopic (exact) mass is 386 g/mol. The first-order valence-electron chi connectivity index (χ1n) is 9.72. The first-order chi connectivity index (χ1) is 13.0. The van der Waals surface area contributed by atoms with E-state index < -0.39 is 0 Å². The van der Waals surface area contributed by atoms with E-state index in [0.29, 0.717) is 22.5 Å². The predicted molar refractivity (Wildman–Crippen MR) is 109 cm³/mol. The van der Waals surface area contributed by atoms with Gasteiger partial charge in [0.1, 0.15) is 0 Å². The summed E-state index contributed by atoms with van der Waals surface area (Å²) in [6.07, 6.45) is 5.46. The smallest absolute Gasteiger partial charge is 0.270 e. The molecule has 2 aliphatic rings. The van der Waals surface area contributed by atoms with Crippen LogP contribution in [-0.4, -0.2) is 31.8 Å². The second kappa shape index (κ2) is 7.07. The number of carbonyl (C=O) groups excluding carboxylic acids is 1. The largest absolute Gasteiger partial charge is 0.359 e. The van der Waals surface area contributed by atoms with Crippen LogP contribution in [0.4, 0.5) is 0 Å². The molecule has 0 bridgehead atoms. The van der Waals surface area contributed by atoms with Gasteiger partial charge in [-0.25, -0.2) is 4.98 Å². The van der Waals surface area contributed by atoms with Crippen LogP contribution < -0.4 is 16.2 Å². The molecular formula is C19H26N6OS. The fourth-order valence-electron chi connectivity index (χ4n) is 3.25. The Bertz CT molecular complexity index is 899. The Morgan fingerprint density at radius 2 is 2.00 bits per heavy atom. The molecule has 0 aromatic carbocycles. The van der Waals surface area contributed by atoms with Crippen LogP contribution in [0.5, 0.6) is 0 Å². The van der Waals surface area contributed by atoms with Gasteiger partial charge in [0.2, 0.25) is 0 Å². The van der Waals surface area contributed by atoms with Crippen LogP contribution in [-0.2, 0) is 7.05 Å². The fraction of sp³-hybridized carbons (Fsp3) is 0.579. The molecule has 0 radical (unpaired) electrons. The summed E-state index contributed by atoms with van der Waals surface area (Å²) in [6, 6.07) is 2.19. The van der Waals surface area contributed by atoms with E-state index >= 15 is 0 Å². The minimum atomic E-state index is -0.201. The van der Waals surface area contributed by atoms with E-state index in [2.05, 4.69) is 28.2 Å². The third-order valence-corrected chi connectivity index (χ3v) is 5.54. The van der Waals surface area contributed by atoms with Gasteiger partial charge >= 0.3 is 0 Å². The van der Waals surface area contributed by atoms with Gasteiger partial charge in [-0.05, 0) is 57.3 Å². The van der Waals surface area contributed by atoms with Gasteiger partial charge in [-0.1, -0.05) is 6.92 Å². The van der Waals surface area contributed by atoms with Gasteiger partial charge in [-0.2, -0.15) is 5.10 Å². The van der Waals surface area contributed by atoms with Gasteiger partial charge in [0.25, 0.3) is 5.91 Å². The summed E-state index contributed by atoms with van der Waals surface area (Å²) in [5.74, 6) is 0.698. The summed E-state index contributed by atoms with van der Waals surface area (Å²) < 4.78 is 1.81. The number of nitrogens with one attached hydrogen (secondary N) is 3. The van der Waals surface area contributed by atoms with Crippen LogP contribution >= 0.6 is 12.2 Å². The molecule has 27 heavy (non-hydrogen) atoms. The Hall–Kier alpha value is -2.22. The molecule has 0 spiro atoms. The number of carbonyl (C=O) groups is 1. The first-order valence-corrected chi connectivity index (χ1v) is 10.1. The molecule has 0 aliphatic heterocycles. The quantitative estimate of drug-likeness (QED) is 0.541. The molecule has 2 heterocycles. The average molecular weight is 387 g/mol. The van der Waals surface area contributed by atoms with Crippen LogP contribution in [0.2, 0.25) is 0 Å². The molecule has 7 nitrogen and oxygen atoms in total. The normalized spacial score (nSPS) is 17.6. The molecule has 2 aromatic heterocycles. The van der Waals surface area contributed by atoms with Crippen molar-refractivity contribution >= 4 is 34.3 Å². The Balaban J connectivity index is 1.63. The Kier molecular flexibility index (Phi) is 4.75. The lowest BCUT2D eigenvalue weighted by Gasteiger charge is -2.16. The first kappa shape index (κ1) is 18.2. The van der Waals surface area contributed by atoms with Gasteiger partial charge in [0, 0.05) is 30.6 Å². The van der Waals surface area contributed by atoms with Crippen molar-refractivity contribution in [2.75, 3.05) is 0 Å². The number of aryl methyl sites for hydroxylation is 1. The Labute approximate surface area is 164 Å². The molecule has 2 saturated carbocycles. The SMILES string of the molecule is CCC(C)NC(=S)NNC(=O)c1cc(C2CC2)nc2c1c(C1CC1)nn2C. The zero-order valence-corrected chi connectivity index (χ0v) is 16.8. The number of amides is 1. The van der Waals surface area contributed by atoms with Crippen LogP contribution in [0.1, 0.15) is 79.5 Å². The van der Waals surface area contributed by atoms with Gasteiger partial charge in [-0.15, -0.1) is 0 Å². The van der Waals surface area contributed by atoms with E-state index in [4.69, 9.17) is 17.2 Å². The molecule has 2 aliphatic carbocycles. The maximum Gasteiger partial charge on any atom is 0.270 e. The molecule has 3 N–H and O–H groups in total. The van der Waals surface area contributed by atoms with Crippen LogP contribution in [0.3, 0.4) is 0 Å². The van der Waals surface area contributed by atoms with E-state index in [0.717, 1.165) is 54.5 Å². The third-order valence-electron chi connectivity index (χ3n) is 5.32. The molecular weight excluding hydrogens is 360 g/mol. The van der Waals surface area contributed by atoms with Gasteiger partial charge in [0.05, 0.1) is 16.6 Å². The second-order valence-electron chi connectivity index (χ2n) is 7.71. The van der Waals surface area contributed by atoms with Crippen molar-refractivity contribution in [2.24, 2.45) is 7.05 Å². The van der Waals surface area contributed by atoms with Crippen LogP contribution in [0.15, 0.2) is 6.07 Å². The minimum absolute atomic E-state index is 0.201. The molecule has 2 aromatic rings. The zero-order valence-electron chi connectivity index (χ0n) is 16.0. The molecule has 1 unspecified atom stereocenters. The maximum atomic E-state index is 13.0. The fourth-order valence-corrected chi connectivity index (χ4v) is 3.50. The Morgan fingerprint density at radius 1 is 1.30 bits per heavy atom. The van der Waals surface area contributed by atoms with Crippen LogP contribution in [0.25, 0.3) is 11.0 Å². The molecule has 4 rings (SSSR count). The summed E-state index contributed by atoms with van der Waals surface area (Å²) in [5.41, 5.74) is 8.98. The van der Waals surface area contributed by atoms with Crippen molar-refractivity contribution in [1.29, 1.82) is 0 Å². The standard InChI is InChI=1S/C19H26N6OS/c1-4-10(2)20-19(27)23-22-18(26)13-9-14(11-5-6-11)21-17-15(13)16(12-7-8-12)24-25(17)3/h9-12H,4-8H2,1-3H3,(H,22,26)(H2,20,23,27). The lowest BCUT2D eigenvalue weighted by molar-refractivity contribution is 0.0945. The Morgan fingerprint density at radius 3 is 2.63 bits per heavy atom. The van der Waals surface area contributed by atoms with Crippen molar-refractivity contribution in [3.8, 4) is 0 Å². The summed E-state index contributed by atoms with van der Waals surface area (Å²) in [5, 5.41) is 9.11. The summed E-state index contributed by atoms with van der Waals surface area (Å²) in [7, 11) is 1.91. The number of pyridine rings is 1. The minimum Gasteiger partial charge on any atom is -0.359 e. The molecule has 144 valence electrons. The van der Waals surface area contributed by atoms with Crippen molar-refractivity contribution in [3.05, 3.63) is 23.0 Å². The number of rotatable bonds is 5. The van der Waals surface area contributed by atoms with E-state index in [1.165, 1.54) is 0 Å². The van der Waals surface area contributed by atoms with Crippen molar-refractivity contribution < 1.29 is 4.79 Å². The lowest BCUT2D eigenvalue weighted by Crippen LogP contribution is -2.49. The van der Waals surface area contributed by atoms with Crippen LogP contribution in [0, 0.1) is 0 Å². The van der Waals surface area contributed by atoms with E-state index in [9.17, 15) is 4.79 Å². The van der Waals surface area contributed by atoms with Gasteiger partial charge < -0.3 is 5.32 Å². The van der Waals surface area contributed by atoms with Crippen molar-refractivity contribution in [2.45, 2.75) is 63.8 Å².